The van der Waals surface area contributed by atoms with Crippen molar-refractivity contribution in [3.05, 3.63) is 0 Å². The maximum absolute atomic E-state index is 11.5. The largest absolute Gasteiger partial charge is 0.393 e. The van der Waals surface area contributed by atoms with E-state index in [1.807, 2.05) is 4.90 Å². The van der Waals surface area contributed by atoms with Crippen LogP contribution in [0.25, 0.3) is 0 Å². The Balaban J connectivity index is 2.04. The molecule has 0 aromatic rings. The second-order valence-corrected chi connectivity index (χ2v) is 4.94. The van der Waals surface area contributed by atoms with Crippen LogP contribution in [0.15, 0.2) is 0 Å². The Kier molecular flexibility index (Phi) is 3.29. The van der Waals surface area contributed by atoms with Gasteiger partial charge in [-0.1, -0.05) is 12.8 Å². The molecule has 2 aliphatic rings. The minimum Gasteiger partial charge on any atom is -0.393 e. The van der Waals surface area contributed by atoms with Gasteiger partial charge in [0.05, 0.1) is 6.10 Å². The molecule has 2 rings (SSSR count). The maximum atomic E-state index is 11.5. The molecule has 86 valence electrons. The first-order valence-electron chi connectivity index (χ1n) is 6.15. The van der Waals surface area contributed by atoms with Crippen LogP contribution >= 0.6 is 0 Å². The van der Waals surface area contributed by atoms with Crippen LogP contribution in [0, 0.1) is 5.92 Å². The molecule has 3 nitrogen and oxygen atoms in total. The minimum atomic E-state index is -0.177. The minimum absolute atomic E-state index is 0.176. The van der Waals surface area contributed by atoms with Crippen LogP contribution in [0.2, 0.25) is 0 Å². The summed E-state index contributed by atoms with van der Waals surface area (Å²) in [6, 6.07) is 0.317. The first-order valence-corrected chi connectivity index (χ1v) is 6.15. The molecule has 1 heterocycles. The number of aliphatic hydroxyl groups is 1. The standard InChI is InChI=1S/C12H21NO2/c1-9(14)13-8-4-6-11(13)10-5-2-3-7-12(10)15/h10-12,15H,2-8H2,1H3. The zero-order valence-electron chi connectivity index (χ0n) is 9.48. The molecular formula is C12H21NO2. The molecule has 15 heavy (non-hydrogen) atoms. The molecule has 0 aromatic carbocycles. The van der Waals surface area contributed by atoms with Crippen LogP contribution in [0.1, 0.15) is 45.4 Å². The maximum Gasteiger partial charge on any atom is 0.219 e. The number of amides is 1. The van der Waals surface area contributed by atoms with Crippen LogP contribution in [0.3, 0.4) is 0 Å². The number of rotatable bonds is 1. The highest BCUT2D eigenvalue weighted by Crippen LogP contribution is 2.34. The number of aliphatic hydroxyl groups excluding tert-OH is 1. The Morgan fingerprint density at radius 1 is 1.20 bits per heavy atom. The van der Waals surface area contributed by atoms with Crippen molar-refractivity contribution in [2.24, 2.45) is 5.92 Å². The summed E-state index contributed by atoms with van der Waals surface area (Å²) in [4.78, 5) is 13.4. The van der Waals surface area contributed by atoms with E-state index in [1.165, 1.54) is 6.42 Å². The van der Waals surface area contributed by atoms with Crippen LogP contribution in [-0.4, -0.2) is 34.6 Å². The molecule has 0 aromatic heterocycles. The zero-order valence-corrected chi connectivity index (χ0v) is 9.48. The van der Waals surface area contributed by atoms with E-state index in [9.17, 15) is 9.90 Å². The van der Waals surface area contributed by atoms with Crippen molar-refractivity contribution in [3.8, 4) is 0 Å². The van der Waals surface area contributed by atoms with E-state index in [4.69, 9.17) is 0 Å². The summed E-state index contributed by atoms with van der Waals surface area (Å²) in [5, 5.41) is 9.99. The second-order valence-electron chi connectivity index (χ2n) is 4.94. The average Bonchev–Trinajstić information content (AvgIpc) is 2.67. The average molecular weight is 211 g/mol. The van der Waals surface area contributed by atoms with E-state index < -0.39 is 0 Å². The lowest BCUT2D eigenvalue weighted by molar-refractivity contribution is -0.131. The fourth-order valence-electron chi connectivity index (χ4n) is 3.22. The third-order valence-electron chi connectivity index (χ3n) is 3.98. The van der Waals surface area contributed by atoms with Gasteiger partial charge in [0.2, 0.25) is 5.91 Å². The lowest BCUT2D eigenvalue weighted by Gasteiger charge is -2.36. The Hall–Kier alpha value is -0.570. The topological polar surface area (TPSA) is 40.5 Å². The fourth-order valence-corrected chi connectivity index (χ4v) is 3.22. The molecule has 0 bridgehead atoms. The van der Waals surface area contributed by atoms with Gasteiger partial charge in [0.1, 0.15) is 0 Å². The van der Waals surface area contributed by atoms with E-state index in [0.29, 0.717) is 12.0 Å². The van der Waals surface area contributed by atoms with Gasteiger partial charge < -0.3 is 10.0 Å². The molecule has 3 heteroatoms. The lowest BCUT2D eigenvalue weighted by Crippen LogP contribution is -2.44. The second kappa shape index (κ2) is 4.52. The molecule has 0 spiro atoms. The monoisotopic (exact) mass is 211 g/mol. The van der Waals surface area contributed by atoms with E-state index >= 15 is 0 Å². The van der Waals surface area contributed by atoms with E-state index in [-0.39, 0.29) is 12.0 Å². The molecular weight excluding hydrogens is 190 g/mol. The van der Waals surface area contributed by atoms with Gasteiger partial charge in [-0.2, -0.15) is 0 Å². The zero-order chi connectivity index (χ0) is 10.8. The number of nitrogens with zero attached hydrogens (tertiary/aromatic N) is 1. The van der Waals surface area contributed by atoms with Gasteiger partial charge in [-0.15, -0.1) is 0 Å². The number of hydrogen-bond acceptors (Lipinski definition) is 2. The summed E-state index contributed by atoms with van der Waals surface area (Å²) in [5.74, 6) is 0.514. The van der Waals surface area contributed by atoms with Gasteiger partial charge in [0.15, 0.2) is 0 Å². The van der Waals surface area contributed by atoms with Crippen molar-refractivity contribution < 1.29 is 9.90 Å². The van der Waals surface area contributed by atoms with Crippen molar-refractivity contribution in [3.63, 3.8) is 0 Å². The van der Waals surface area contributed by atoms with E-state index in [1.54, 1.807) is 6.92 Å². The predicted octanol–water partition coefficient (Wildman–Crippen LogP) is 1.55. The van der Waals surface area contributed by atoms with Crippen molar-refractivity contribution in [2.45, 2.75) is 57.6 Å². The number of carbonyl (C=O) groups is 1. The molecule has 1 saturated carbocycles. The van der Waals surface area contributed by atoms with Crippen molar-refractivity contribution in [1.29, 1.82) is 0 Å². The van der Waals surface area contributed by atoms with Gasteiger partial charge >= 0.3 is 0 Å². The normalized spacial score (nSPS) is 36.9. The summed E-state index contributed by atoms with van der Waals surface area (Å²) in [6.45, 7) is 2.54. The highest BCUT2D eigenvalue weighted by Gasteiger charge is 2.37. The number of hydrogen-bond donors (Lipinski definition) is 1. The molecule has 1 aliphatic heterocycles. The van der Waals surface area contributed by atoms with Gasteiger partial charge in [-0.3, -0.25) is 4.79 Å². The summed E-state index contributed by atoms with van der Waals surface area (Å²) in [7, 11) is 0. The molecule has 2 fully saturated rings. The van der Waals surface area contributed by atoms with Gasteiger partial charge in [-0.05, 0) is 25.7 Å². The highest BCUT2D eigenvalue weighted by molar-refractivity contribution is 5.73. The van der Waals surface area contributed by atoms with Crippen molar-refractivity contribution >= 4 is 5.91 Å². The predicted molar refractivity (Wildman–Crippen MR) is 58.4 cm³/mol. The van der Waals surface area contributed by atoms with Gasteiger partial charge in [0.25, 0.3) is 0 Å². The van der Waals surface area contributed by atoms with E-state index in [0.717, 1.165) is 38.6 Å². The molecule has 0 radical (unpaired) electrons. The number of likely N-dealkylation sites (tertiary alicyclic amines) is 1. The first-order chi connectivity index (χ1) is 7.20. The third-order valence-corrected chi connectivity index (χ3v) is 3.98. The highest BCUT2D eigenvalue weighted by atomic mass is 16.3. The molecule has 1 amide bonds. The summed E-state index contributed by atoms with van der Waals surface area (Å²) >= 11 is 0. The van der Waals surface area contributed by atoms with Crippen LogP contribution in [0.4, 0.5) is 0 Å². The summed E-state index contributed by atoms with van der Waals surface area (Å²) in [6.07, 6.45) is 6.38. The Morgan fingerprint density at radius 2 is 1.93 bits per heavy atom. The van der Waals surface area contributed by atoms with Crippen LogP contribution in [0.5, 0.6) is 0 Å². The van der Waals surface area contributed by atoms with Gasteiger partial charge in [0, 0.05) is 25.4 Å². The molecule has 3 atom stereocenters. The molecule has 1 N–H and O–H groups in total. The van der Waals surface area contributed by atoms with Crippen LogP contribution < -0.4 is 0 Å². The first kappa shape index (κ1) is 10.9. The quantitative estimate of drug-likeness (QED) is 0.715. The van der Waals surface area contributed by atoms with Crippen molar-refractivity contribution in [1.82, 2.24) is 4.90 Å². The van der Waals surface area contributed by atoms with Gasteiger partial charge in [-0.25, -0.2) is 0 Å². The summed E-state index contributed by atoms with van der Waals surface area (Å²) < 4.78 is 0. The Morgan fingerprint density at radius 3 is 2.60 bits per heavy atom. The fraction of sp³-hybridized carbons (Fsp3) is 0.917. The molecule has 1 aliphatic carbocycles. The number of carbonyl (C=O) groups excluding carboxylic acids is 1. The summed E-state index contributed by atoms with van der Waals surface area (Å²) in [5.41, 5.74) is 0. The lowest BCUT2D eigenvalue weighted by atomic mass is 9.80. The van der Waals surface area contributed by atoms with E-state index in [2.05, 4.69) is 0 Å². The Labute approximate surface area is 91.5 Å². The molecule has 3 unspecified atom stereocenters. The smallest absolute Gasteiger partial charge is 0.219 e. The molecule has 1 saturated heterocycles. The SMILES string of the molecule is CC(=O)N1CCCC1C1CCCCC1O. The third kappa shape index (κ3) is 2.17. The Bertz CT molecular complexity index is 242. The van der Waals surface area contributed by atoms with Crippen LogP contribution in [-0.2, 0) is 4.79 Å². The van der Waals surface area contributed by atoms with Crippen molar-refractivity contribution in [2.75, 3.05) is 6.54 Å².